The van der Waals surface area contributed by atoms with E-state index in [-0.39, 0.29) is 17.6 Å². The lowest BCUT2D eigenvalue weighted by Crippen LogP contribution is -2.48. The number of piperazine rings is 1. The van der Waals surface area contributed by atoms with Crippen molar-refractivity contribution in [2.45, 2.75) is 12.3 Å². The summed E-state index contributed by atoms with van der Waals surface area (Å²) in [7, 11) is 0. The molecule has 0 saturated carbocycles. The largest absolute Gasteiger partial charge is 0.354 e. The molecule has 0 bridgehead atoms. The summed E-state index contributed by atoms with van der Waals surface area (Å²) in [5.74, 6) is 0.239. The third kappa shape index (κ3) is 6.58. The molecule has 1 saturated heterocycles. The van der Waals surface area contributed by atoms with E-state index in [4.69, 9.17) is 4.98 Å². The van der Waals surface area contributed by atoms with Crippen molar-refractivity contribution in [3.63, 3.8) is 0 Å². The van der Waals surface area contributed by atoms with Crippen molar-refractivity contribution < 1.29 is 9.18 Å². The Bertz CT molecular complexity index is 1240. The van der Waals surface area contributed by atoms with Crippen molar-refractivity contribution in [2.75, 3.05) is 44.2 Å². The molecule has 3 aromatic carbocycles. The summed E-state index contributed by atoms with van der Waals surface area (Å²) in [4.78, 5) is 22.5. The highest BCUT2D eigenvalue weighted by Crippen LogP contribution is 2.25. The Morgan fingerprint density at radius 2 is 1.51 bits per heavy atom. The van der Waals surface area contributed by atoms with E-state index in [0.29, 0.717) is 13.0 Å². The molecule has 8 heteroatoms. The highest BCUT2D eigenvalue weighted by molar-refractivity contribution is 7.09. The number of aromatic nitrogens is 2. The Morgan fingerprint density at radius 1 is 0.892 bits per heavy atom. The summed E-state index contributed by atoms with van der Waals surface area (Å²) < 4.78 is 17.6. The van der Waals surface area contributed by atoms with E-state index in [2.05, 4.69) is 19.5 Å². The van der Waals surface area contributed by atoms with Gasteiger partial charge in [0.25, 0.3) is 0 Å². The monoisotopic (exact) mass is 515 g/mol. The van der Waals surface area contributed by atoms with Gasteiger partial charge in [0.15, 0.2) is 0 Å². The second kappa shape index (κ2) is 12.1. The van der Waals surface area contributed by atoms with E-state index in [1.54, 1.807) is 12.1 Å². The minimum absolute atomic E-state index is 0.0265. The average molecular weight is 516 g/mol. The second-order valence-electron chi connectivity index (χ2n) is 9.17. The Morgan fingerprint density at radius 3 is 2.14 bits per heavy atom. The van der Waals surface area contributed by atoms with Crippen LogP contribution in [0.15, 0.2) is 84.9 Å². The topological polar surface area (TPSA) is 61.4 Å². The van der Waals surface area contributed by atoms with Crippen LogP contribution < -0.4 is 10.2 Å². The van der Waals surface area contributed by atoms with E-state index in [1.165, 1.54) is 23.7 Å². The Kier molecular flexibility index (Phi) is 8.18. The molecule has 1 amide bonds. The molecule has 2 heterocycles. The maximum absolute atomic E-state index is 13.2. The summed E-state index contributed by atoms with van der Waals surface area (Å²) in [6.07, 6.45) is 0.601. The number of nitrogens with one attached hydrogen (secondary N) is 1. The number of hydrogen-bond acceptors (Lipinski definition) is 6. The van der Waals surface area contributed by atoms with Gasteiger partial charge in [0, 0.05) is 57.2 Å². The smallest absolute Gasteiger partial charge is 0.232 e. The van der Waals surface area contributed by atoms with Crippen molar-refractivity contribution in [3.05, 3.63) is 113 Å². The Hall–Kier alpha value is -3.62. The molecular weight excluding hydrogens is 485 g/mol. The first-order chi connectivity index (χ1) is 18.2. The SMILES string of the molecule is O=C(NCCN1CCN(c2nc(Cc3ccc(F)cc3)ns2)CC1)C(c1ccccc1)c1ccccc1. The van der Waals surface area contributed by atoms with Crippen LogP contribution in [0.4, 0.5) is 9.52 Å². The molecule has 0 atom stereocenters. The van der Waals surface area contributed by atoms with Crippen LogP contribution >= 0.6 is 11.5 Å². The lowest BCUT2D eigenvalue weighted by molar-refractivity contribution is -0.121. The Labute approximate surface area is 220 Å². The van der Waals surface area contributed by atoms with Gasteiger partial charge in [-0.05, 0) is 28.8 Å². The minimum atomic E-state index is -0.319. The highest BCUT2D eigenvalue weighted by atomic mass is 32.1. The van der Waals surface area contributed by atoms with Crippen LogP contribution in [0.5, 0.6) is 0 Å². The number of halogens is 1. The fourth-order valence-electron chi connectivity index (χ4n) is 4.62. The highest BCUT2D eigenvalue weighted by Gasteiger charge is 2.23. The van der Waals surface area contributed by atoms with Gasteiger partial charge in [0.05, 0.1) is 5.92 Å². The van der Waals surface area contributed by atoms with Gasteiger partial charge in [0.1, 0.15) is 11.6 Å². The van der Waals surface area contributed by atoms with Crippen LogP contribution in [0.3, 0.4) is 0 Å². The lowest BCUT2D eigenvalue weighted by Gasteiger charge is -2.34. The van der Waals surface area contributed by atoms with Gasteiger partial charge in [-0.2, -0.15) is 4.37 Å². The fraction of sp³-hybridized carbons (Fsp3) is 0.276. The lowest BCUT2D eigenvalue weighted by atomic mass is 9.90. The Balaban J connectivity index is 1.10. The molecule has 0 spiro atoms. The molecule has 4 aromatic rings. The summed E-state index contributed by atoms with van der Waals surface area (Å²) in [6, 6.07) is 26.3. The molecule has 1 N–H and O–H groups in total. The number of carbonyl (C=O) groups excluding carboxylic acids is 1. The number of anilines is 1. The van der Waals surface area contributed by atoms with Crippen LogP contribution in [0.25, 0.3) is 0 Å². The van der Waals surface area contributed by atoms with Gasteiger partial charge in [-0.15, -0.1) is 0 Å². The molecular formula is C29H30FN5OS. The van der Waals surface area contributed by atoms with Gasteiger partial charge in [-0.3, -0.25) is 9.69 Å². The molecule has 5 rings (SSSR count). The van der Waals surface area contributed by atoms with E-state index in [9.17, 15) is 9.18 Å². The standard InChI is InChI=1S/C29H30FN5OS/c30-25-13-11-22(12-14-25)21-26-32-29(37-33-26)35-19-17-34(18-20-35)16-15-31-28(36)27(23-7-3-1-4-8-23)24-9-5-2-6-10-24/h1-14,27H,15-21H2,(H,31,36). The maximum atomic E-state index is 13.2. The summed E-state index contributed by atoms with van der Waals surface area (Å²) >= 11 is 1.42. The van der Waals surface area contributed by atoms with Crippen molar-refractivity contribution in [3.8, 4) is 0 Å². The van der Waals surface area contributed by atoms with Crippen molar-refractivity contribution in [2.24, 2.45) is 0 Å². The summed E-state index contributed by atoms with van der Waals surface area (Å²) in [5.41, 5.74) is 2.99. The number of nitrogens with zero attached hydrogens (tertiary/aromatic N) is 4. The van der Waals surface area contributed by atoms with E-state index >= 15 is 0 Å². The first-order valence-electron chi connectivity index (χ1n) is 12.6. The van der Waals surface area contributed by atoms with Crippen molar-refractivity contribution in [1.29, 1.82) is 0 Å². The predicted octanol–water partition coefficient (Wildman–Crippen LogP) is 4.34. The number of benzene rings is 3. The molecule has 0 radical (unpaired) electrons. The van der Waals surface area contributed by atoms with Gasteiger partial charge >= 0.3 is 0 Å². The quantitative estimate of drug-likeness (QED) is 0.359. The van der Waals surface area contributed by atoms with Crippen LogP contribution in [-0.2, 0) is 11.2 Å². The van der Waals surface area contributed by atoms with E-state index in [0.717, 1.165) is 60.4 Å². The zero-order valence-electron chi connectivity index (χ0n) is 20.6. The average Bonchev–Trinajstić information content (AvgIpc) is 3.40. The molecule has 0 unspecified atom stereocenters. The summed E-state index contributed by atoms with van der Waals surface area (Å²) in [6.45, 7) is 4.97. The first kappa shape index (κ1) is 25.0. The van der Waals surface area contributed by atoms with Gasteiger partial charge < -0.3 is 10.2 Å². The third-order valence-corrected chi connectivity index (χ3v) is 7.45. The molecule has 1 fully saturated rings. The zero-order valence-corrected chi connectivity index (χ0v) is 21.4. The van der Waals surface area contributed by atoms with Gasteiger partial charge in [-0.1, -0.05) is 72.8 Å². The van der Waals surface area contributed by atoms with Crippen LogP contribution in [0.1, 0.15) is 28.4 Å². The van der Waals surface area contributed by atoms with Gasteiger partial charge in [0.2, 0.25) is 11.0 Å². The van der Waals surface area contributed by atoms with Gasteiger partial charge in [-0.25, -0.2) is 9.37 Å². The third-order valence-electron chi connectivity index (χ3n) is 6.63. The number of rotatable bonds is 9. The molecule has 190 valence electrons. The second-order valence-corrected chi connectivity index (χ2v) is 9.90. The molecule has 0 aliphatic carbocycles. The van der Waals surface area contributed by atoms with Crippen molar-refractivity contribution in [1.82, 2.24) is 19.6 Å². The number of hydrogen-bond donors (Lipinski definition) is 1. The first-order valence-corrected chi connectivity index (χ1v) is 13.3. The summed E-state index contributed by atoms with van der Waals surface area (Å²) in [5, 5.41) is 4.09. The maximum Gasteiger partial charge on any atom is 0.232 e. The molecule has 1 aliphatic rings. The van der Waals surface area contributed by atoms with E-state index < -0.39 is 0 Å². The fourth-order valence-corrected chi connectivity index (χ4v) is 5.35. The van der Waals surface area contributed by atoms with Crippen LogP contribution in [0, 0.1) is 5.82 Å². The van der Waals surface area contributed by atoms with Crippen molar-refractivity contribution >= 4 is 22.6 Å². The zero-order chi connectivity index (χ0) is 25.5. The molecule has 1 aliphatic heterocycles. The molecule has 37 heavy (non-hydrogen) atoms. The predicted molar refractivity (Wildman–Crippen MR) is 146 cm³/mol. The molecule has 6 nitrogen and oxygen atoms in total. The molecule has 1 aromatic heterocycles. The van der Waals surface area contributed by atoms with Crippen LogP contribution in [0.2, 0.25) is 0 Å². The number of carbonyl (C=O) groups is 1. The van der Waals surface area contributed by atoms with Crippen LogP contribution in [-0.4, -0.2) is 59.4 Å². The normalized spacial score (nSPS) is 14.2. The number of amides is 1. The minimum Gasteiger partial charge on any atom is -0.354 e. The van der Waals surface area contributed by atoms with E-state index in [1.807, 2.05) is 60.7 Å².